The number of benzene rings is 2. The number of aromatic nitrogens is 6. The first-order chi connectivity index (χ1) is 34.1. The fourth-order valence-electron chi connectivity index (χ4n) is 7.33. The van der Waals surface area contributed by atoms with Crippen molar-refractivity contribution in [3.05, 3.63) is 132 Å². The first-order valence-electron chi connectivity index (χ1n) is 24.4. The van der Waals surface area contributed by atoms with Crippen molar-refractivity contribution in [2.45, 2.75) is 72.4 Å². The molecule has 4 fully saturated rings. The second-order valence-electron chi connectivity index (χ2n) is 19.1. The molecule has 2 amide bonds. The van der Waals surface area contributed by atoms with Crippen LogP contribution in [-0.4, -0.2) is 136 Å². The Bertz CT molecular complexity index is 2650. The van der Waals surface area contributed by atoms with Crippen LogP contribution < -0.4 is 61.0 Å². The molecule has 73 heavy (non-hydrogen) atoms. The summed E-state index contributed by atoms with van der Waals surface area (Å²) in [7, 11) is 4.31. The maximum Gasteiger partial charge on any atom is 1.00 e. The number of nitrogens with two attached hydrogens (primary N) is 1. The Balaban J connectivity index is 0.000000230. The summed E-state index contributed by atoms with van der Waals surface area (Å²) in [6, 6.07) is 21.5. The van der Waals surface area contributed by atoms with E-state index < -0.39 is 0 Å². The van der Waals surface area contributed by atoms with E-state index >= 15 is 0 Å². The molecule has 382 valence electrons. The maximum absolute atomic E-state index is 12.4. The van der Waals surface area contributed by atoms with E-state index in [-0.39, 0.29) is 46.8 Å². The van der Waals surface area contributed by atoms with Crippen molar-refractivity contribution >= 4 is 52.1 Å². The summed E-state index contributed by atoms with van der Waals surface area (Å²) >= 11 is 6.40. The normalized spacial score (nSPS) is 15.4. The number of halogens is 1. The van der Waals surface area contributed by atoms with Gasteiger partial charge in [-0.25, -0.2) is 29.9 Å². The number of carbonyl (C=O) groups excluding carboxylic acids is 2. The number of carbonyl (C=O) groups is 2. The van der Waals surface area contributed by atoms with Gasteiger partial charge >= 0.3 is 29.6 Å². The Labute approximate surface area is 457 Å². The van der Waals surface area contributed by atoms with Gasteiger partial charge in [-0.05, 0) is 125 Å². The van der Waals surface area contributed by atoms with Crippen molar-refractivity contribution in [1.82, 2.24) is 39.7 Å². The molecule has 4 aliphatic rings. The van der Waals surface area contributed by atoms with Crippen LogP contribution in [0.2, 0.25) is 5.02 Å². The van der Waals surface area contributed by atoms with Crippen molar-refractivity contribution < 1.29 is 44.6 Å². The second-order valence-corrected chi connectivity index (χ2v) is 19.6. The molecular weight excluding hydrogens is 951 g/mol. The Morgan fingerprint density at radius 1 is 0.575 bits per heavy atom. The molecule has 2 aromatic carbocycles. The number of nitrogens with zero attached hydrogens (tertiary/aromatic N) is 10. The largest absolute Gasteiger partial charge is 1.00 e. The Morgan fingerprint density at radius 3 is 1.34 bits per heavy atom. The molecule has 0 atom stereocenters. The summed E-state index contributed by atoms with van der Waals surface area (Å²) in [5.74, 6) is 3.05. The summed E-state index contributed by atoms with van der Waals surface area (Å²) < 4.78 is 0. The van der Waals surface area contributed by atoms with E-state index in [1.165, 1.54) is 62.1 Å². The number of anilines is 5. The number of piperazine rings is 2. The molecule has 2 aliphatic carbocycles. The van der Waals surface area contributed by atoms with Gasteiger partial charge in [0.1, 0.15) is 23.3 Å². The molecule has 6 aromatic rings. The maximum atomic E-state index is 12.4. The van der Waals surface area contributed by atoms with Crippen molar-refractivity contribution in [2.75, 3.05) is 92.2 Å². The van der Waals surface area contributed by atoms with E-state index in [2.05, 4.69) is 125 Å². The number of likely N-dealkylation sites (N-methyl/N-ethyl adjacent to an activating group) is 2. The molecule has 6 N–H and O–H groups in total. The zero-order valence-corrected chi connectivity index (χ0v) is 46.3. The molecule has 0 bridgehead atoms. The Kier molecular flexibility index (Phi) is 22.5. The molecule has 2 aliphatic heterocycles. The molecule has 0 spiro atoms. The number of pyridine rings is 2. The minimum Gasteiger partial charge on any atom is -0.870 e. The molecule has 10 rings (SSSR count). The van der Waals surface area contributed by atoms with Gasteiger partial charge in [-0.1, -0.05) is 11.6 Å². The van der Waals surface area contributed by atoms with Gasteiger partial charge in [0.2, 0.25) is 0 Å². The van der Waals surface area contributed by atoms with Crippen LogP contribution >= 0.6 is 11.6 Å². The number of nitrogens with one attached hydrogen (secondary N) is 3. The smallest absolute Gasteiger partial charge is 0.870 e. The van der Waals surface area contributed by atoms with Crippen LogP contribution in [0, 0.1) is 19.8 Å². The minimum absolute atomic E-state index is 0. The number of amides is 2. The van der Waals surface area contributed by atoms with Crippen LogP contribution in [0.4, 0.5) is 28.7 Å². The third-order valence-corrected chi connectivity index (χ3v) is 12.1. The van der Waals surface area contributed by atoms with Crippen molar-refractivity contribution in [1.29, 1.82) is 0 Å². The monoisotopic (exact) mass is 1020 g/mol. The van der Waals surface area contributed by atoms with Gasteiger partial charge in [-0.15, -0.1) is 0 Å². The van der Waals surface area contributed by atoms with Crippen LogP contribution in [0.1, 0.15) is 78.8 Å². The zero-order valence-electron chi connectivity index (χ0n) is 43.6. The first kappa shape index (κ1) is 58.3. The van der Waals surface area contributed by atoms with E-state index in [1.807, 2.05) is 36.5 Å². The molecule has 0 radical (unpaired) electrons. The standard InChI is InChI=1S/C25H29N7O.C22H23ClN6O.C4H9.C3H7N.Na.H2O/c1-17-26-15-20(16-27-17)25(33)30-24-6-3-18(14-28-24)19-11-22(29-21-4-5-21)13-23(12-19)32-9-7-31(2)8-10-32;1-15-24-13-18(14-25-15)22(30)27-21-4-3-16(12-26-21)17-9-19(23)11-20(10-17)29-7-5-28(2)6-8-29;1-4(2)3;4-3-1-2-3;;/h3,6,11-16,21,29H,4-5,7-10H2,1-2H3,(H,28,30,33);3-4,9-14H,5-8H2,1-2H3,(H,26,27,30);1-3H3;3H,1-2,4H2;;1H2/q;;-1;;+1;/p-1. The van der Waals surface area contributed by atoms with Gasteiger partial charge in [0.15, 0.2) is 0 Å². The number of hydrogen-bond acceptors (Lipinski definition) is 15. The summed E-state index contributed by atoms with van der Waals surface area (Å²) in [5, 5.41) is 9.92. The van der Waals surface area contributed by atoms with Crippen LogP contribution in [-0.2, 0) is 0 Å². The van der Waals surface area contributed by atoms with Crippen molar-refractivity contribution in [3.63, 3.8) is 0 Å². The molecule has 6 heterocycles. The second kappa shape index (κ2) is 28.2. The molecule has 2 saturated heterocycles. The van der Waals surface area contributed by atoms with E-state index in [0.717, 1.165) is 86.0 Å². The topological polar surface area (TPSA) is 217 Å². The molecule has 19 heteroatoms. The predicted molar refractivity (Wildman–Crippen MR) is 289 cm³/mol. The van der Waals surface area contributed by atoms with Gasteiger partial charge in [-0.2, -0.15) is 20.8 Å². The molecule has 4 aromatic heterocycles. The quantitative estimate of drug-likeness (QED) is 0.0987. The molecule has 2 saturated carbocycles. The average molecular weight is 1020 g/mol. The molecule has 17 nitrogen and oxygen atoms in total. The van der Waals surface area contributed by atoms with Gasteiger partial charge in [0.25, 0.3) is 11.8 Å². The minimum atomic E-state index is -0.296. The predicted octanol–water partition coefficient (Wildman–Crippen LogP) is 5.49. The van der Waals surface area contributed by atoms with E-state index in [1.54, 1.807) is 26.1 Å². The summed E-state index contributed by atoms with van der Waals surface area (Å²) in [5.41, 5.74) is 13.6. The molecule has 0 unspecified atom stereocenters. The van der Waals surface area contributed by atoms with Crippen LogP contribution in [0.5, 0.6) is 0 Å². The fourth-order valence-corrected chi connectivity index (χ4v) is 7.56. The number of rotatable bonds is 10. The fraction of sp³-hybridized carbons (Fsp3) is 0.389. The van der Waals surface area contributed by atoms with Gasteiger partial charge in [-0.3, -0.25) is 9.59 Å². The SMILES string of the molecule is C[C-](C)C.Cc1ncc(C(=O)Nc2ccc(-c3cc(Cl)cc(N4CCN(C)CC4)c3)cn2)cn1.Cc1ncc(C(=O)Nc2ccc(-c3cc(NC4CC4)cc(N4CCN(C)CC4)c3)cn2)cn1.NC1CC1.[Na+].[OH-]. The van der Waals surface area contributed by atoms with Crippen LogP contribution in [0.3, 0.4) is 0 Å². The number of aryl methyl sites for hydroxylation is 2. The van der Waals surface area contributed by atoms with E-state index in [4.69, 9.17) is 17.3 Å². The number of hydrogen-bond donors (Lipinski definition) is 4. The zero-order chi connectivity index (χ0) is 50.4. The Hall–Kier alpha value is -5.63. The van der Waals surface area contributed by atoms with E-state index in [9.17, 15) is 9.59 Å². The van der Waals surface area contributed by atoms with E-state index in [0.29, 0.717) is 51.5 Å². The van der Waals surface area contributed by atoms with Crippen molar-refractivity contribution in [2.24, 2.45) is 5.73 Å². The van der Waals surface area contributed by atoms with Gasteiger partial charge < -0.3 is 52.7 Å². The first-order valence-corrected chi connectivity index (χ1v) is 24.8. The summed E-state index contributed by atoms with van der Waals surface area (Å²) in [4.78, 5) is 59.3. The van der Waals surface area contributed by atoms with Gasteiger partial charge in [0.05, 0.1) is 11.1 Å². The molecular formula is C54H69ClN14NaO3-. The van der Waals surface area contributed by atoms with Crippen molar-refractivity contribution in [3.8, 4) is 22.3 Å². The third-order valence-electron chi connectivity index (χ3n) is 11.9. The summed E-state index contributed by atoms with van der Waals surface area (Å²) in [6.07, 6.45) is 14.6. The Morgan fingerprint density at radius 2 is 0.973 bits per heavy atom. The summed E-state index contributed by atoms with van der Waals surface area (Å²) in [6.45, 7) is 18.0. The van der Waals surface area contributed by atoms with Crippen LogP contribution in [0.25, 0.3) is 22.3 Å². The van der Waals surface area contributed by atoms with Gasteiger partial charge in [0, 0.05) is 135 Å². The average Bonchev–Trinajstić information content (AvgIpc) is 4.32. The van der Waals surface area contributed by atoms with Crippen LogP contribution in [0.15, 0.2) is 97.8 Å². The third kappa shape index (κ3) is 19.0.